The largest absolute Gasteiger partial charge is 0.463 e. The number of hydrogen-bond donors (Lipinski definition) is 0. The Morgan fingerprint density at radius 1 is 0.427 bits per heavy atom. The van der Waals surface area contributed by atoms with E-state index < -0.39 is 144 Å². The van der Waals surface area contributed by atoms with E-state index in [1.165, 1.54) is 39.8 Å². The van der Waals surface area contributed by atoms with Crippen LogP contribution in [0.25, 0.3) is 0 Å². The quantitative estimate of drug-likeness (QED) is 0.0324. The zero-order chi connectivity index (χ0) is 56.4. The molecule has 0 bridgehead atoms. The molecule has 27 nitrogen and oxygen atoms in total. The number of ether oxygens (including phenoxy) is 11. The summed E-state index contributed by atoms with van der Waals surface area (Å²) in [5, 5.41) is 23.5. The minimum Gasteiger partial charge on any atom is -0.463 e. The van der Waals surface area contributed by atoms with Crippen LogP contribution in [0.15, 0.2) is 36.4 Å². The van der Waals surface area contributed by atoms with E-state index in [0.29, 0.717) is 0 Å². The van der Waals surface area contributed by atoms with Gasteiger partial charge in [0.25, 0.3) is 11.4 Å². The molecule has 2 aromatic rings. The zero-order valence-electron chi connectivity index (χ0n) is 42.5. The van der Waals surface area contributed by atoms with E-state index in [-0.39, 0.29) is 73.7 Å². The summed E-state index contributed by atoms with van der Waals surface area (Å²) >= 11 is 0. The lowest BCUT2D eigenvalue weighted by atomic mass is 10.1. The second-order valence-electron chi connectivity index (χ2n) is 16.9. The Balaban J connectivity index is 1.74. The molecular formula is C48H60N2O25. The molecule has 27 heteroatoms. The molecule has 75 heavy (non-hydrogen) atoms. The Morgan fingerprint density at radius 3 is 1.09 bits per heavy atom. The van der Waals surface area contributed by atoms with Gasteiger partial charge in [0.2, 0.25) is 0 Å². The van der Waals surface area contributed by atoms with Crippen LogP contribution in [-0.2, 0) is 104 Å². The van der Waals surface area contributed by atoms with Crippen molar-refractivity contribution in [2.75, 3.05) is 39.6 Å². The van der Waals surface area contributed by atoms with Crippen LogP contribution in [0.3, 0.4) is 0 Å². The normalized spacial score (nSPS) is 12.4. The number of carbonyl (C=O) groups excluding carboxylic acids is 10. The lowest BCUT2D eigenvalue weighted by molar-refractivity contribution is -0.386. The zero-order valence-corrected chi connectivity index (χ0v) is 42.5. The summed E-state index contributed by atoms with van der Waals surface area (Å²) in [6.07, 6.45) is -7.48. The van der Waals surface area contributed by atoms with Crippen LogP contribution in [0.1, 0.15) is 113 Å². The fourth-order valence-electron chi connectivity index (χ4n) is 5.47. The smallest absolute Gasteiger partial charge is 0.347 e. The van der Waals surface area contributed by atoms with Crippen LogP contribution in [0.2, 0.25) is 0 Å². The number of benzene rings is 2. The summed E-state index contributed by atoms with van der Waals surface area (Å²) < 4.78 is 55.3. The molecule has 4 atom stereocenters. The molecule has 0 aliphatic carbocycles. The van der Waals surface area contributed by atoms with Gasteiger partial charge in [-0.25, -0.2) is 28.8 Å². The van der Waals surface area contributed by atoms with Crippen molar-refractivity contribution in [2.45, 2.75) is 119 Å². The minimum absolute atomic E-state index is 0.0521. The van der Waals surface area contributed by atoms with E-state index >= 15 is 0 Å². The standard InChI is InChI=1S/C48H60N2O25/c1-27(2)23-70-43(55)29(5)74-45(57)31(7)72-41(53)15-13-39(51)68-25-35-11-9-33(21-37(35)49(61)62)47(59)66-19-17-65-18-20-67-48(60)34-10-12-36(38(22-34)50(63)64)26-69-40(52)14-16-42(54)73-32(8)46(58)75-30(6)44(56)71-24-28(3)4/h9-12,21-22,27-32H,13-20,23-26H2,1-8H3. The summed E-state index contributed by atoms with van der Waals surface area (Å²) in [6, 6.07) is 6.46. The Hall–Kier alpha value is -8.10. The number of nitro groups is 2. The predicted octanol–water partition coefficient (Wildman–Crippen LogP) is 4.31. The van der Waals surface area contributed by atoms with Crippen molar-refractivity contribution in [1.82, 2.24) is 0 Å². The Kier molecular flexibility index (Phi) is 27.0. The van der Waals surface area contributed by atoms with E-state index in [1.807, 2.05) is 27.7 Å². The molecule has 0 aliphatic rings. The summed E-state index contributed by atoms with van der Waals surface area (Å²) in [7, 11) is 0. The Morgan fingerprint density at radius 2 is 0.760 bits per heavy atom. The molecule has 0 heterocycles. The van der Waals surface area contributed by atoms with Gasteiger partial charge in [-0.2, -0.15) is 0 Å². The number of nitrogens with zero attached hydrogens (tertiary/aromatic N) is 2. The van der Waals surface area contributed by atoms with Crippen LogP contribution >= 0.6 is 0 Å². The van der Waals surface area contributed by atoms with Crippen LogP contribution < -0.4 is 0 Å². The van der Waals surface area contributed by atoms with E-state index in [1.54, 1.807) is 0 Å². The van der Waals surface area contributed by atoms with Gasteiger partial charge >= 0.3 is 59.7 Å². The van der Waals surface area contributed by atoms with Crippen molar-refractivity contribution in [1.29, 1.82) is 0 Å². The molecule has 0 spiro atoms. The van der Waals surface area contributed by atoms with Gasteiger partial charge in [0.1, 0.15) is 26.4 Å². The third-order valence-electron chi connectivity index (χ3n) is 9.45. The summed E-state index contributed by atoms with van der Waals surface area (Å²) in [4.78, 5) is 144. The van der Waals surface area contributed by atoms with E-state index in [2.05, 4.69) is 0 Å². The van der Waals surface area contributed by atoms with Crippen LogP contribution in [-0.4, -0.2) is 134 Å². The summed E-state index contributed by atoms with van der Waals surface area (Å²) in [5.41, 5.74) is -1.86. The van der Waals surface area contributed by atoms with Gasteiger partial charge in [-0.05, 0) is 63.8 Å². The van der Waals surface area contributed by atoms with Gasteiger partial charge in [-0.15, -0.1) is 0 Å². The molecule has 0 aromatic heterocycles. The molecule has 0 saturated heterocycles. The van der Waals surface area contributed by atoms with Gasteiger partial charge in [0.05, 0.1) is 84.2 Å². The SMILES string of the molecule is CC(C)COC(=O)C(C)OC(=O)C(C)OC(=O)CCC(=O)OCc1ccc(C(=O)OCCOCCOC(=O)c2ccc(COC(=O)CCC(=O)OC(C)C(=O)OC(C)C(=O)OCC(C)C)c([N+](=O)[O-])c2)cc1[N+](=O)[O-]. The molecule has 0 fully saturated rings. The predicted molar refractivity (Wildman–Crippen MR) is 249 cm³/mol. The third-order valence-corrected chi connectivity index (χ3v) is 9.45. The van der Waals surface area contributed by atoms with Crippen molar-refractivity contribution in [3.8, 4) is 0 Å². The molecule has 0 aliphatic heterocycles. The molecule has 0 radical (unpaired) electrons. The lowest BCUT2D eigenvalue weighted by Crippen LogP contribution is -2.33. The highest BCUT2D eigenvalue weighted by Crippen LogP contribution is 2.24. The van der Waals surface area contributed by atoms with Crippen LogP contribution in [0.4, 0.5) is 11.4 Å². The molecule has 0 saturated carbocycles. The lowest BCUT2D eigenvalue weighted by Gasteiger charge is -2.17. The molecular weight excluding hydrogens is 1000 g/mol. The fraction of sp³-hybridized carbons (Fsp3) is 0.542. The second-order valence-corrected chi connectivity index (χ2v) is 16.9. The fourth-order valence-corrected chi connectivity index (χ4v) is 5.47. The number of rotatable bonds is 32. The van der Waals surface area contributed by atoms with Crippen LogP contribution in [0, 0.1) is 32.1 Å². The van der Waals surface area contributed by atoms with E-state index in [0.717, 1.165) is 24.3 Å². The highest BCUT2D eigenvalue weighted by atomic mass is 16.6. The number of esters is 10. The minimum atomic E-state index is -1.42. The maximum atomic E-state index is 12.6. The molecule has 0 amide bonds. The first kappa shape index (κ1) is 63.0. The second kappa shape index (κ2) is 32.2. The van der Waals surface area contributed by atoms with Crippen molar-refractivity contribution in [2.24, 2.45) is 11.8 Å². The summed E-state index contributed by atoms with van der Waals surface area (Å²) in [6.45, 7) is 10.1. The molecule has 412 valence electrons. The maximum Gasteiger partial charge on any atom is 0.347 e. The average molecular weight is 1060 g/mol. The maximum absolute atomic E-state index is 12.6. The first-order valence-corrected chi connectivity index (χ1v) is 23.2. The van der Waals surface area contributed by atoms with E-state index in [4.69, 9.17) is 52.1 Å². The molecule has 2 rings (SSSR count). The highest BCUT2D eigenvalue weighted by Gasteiger charge is 2.28. The Bertz CT molecular complexity index is 2220. The summed E-state index contributed by atoms with van der Waals surface area (Å²) in [5.74, 6) is -9.32. The highest BCUT2D eigenvalue weighted by molar-refractivity contribution is 5.91. The topological polar surface area (TPSA) is 359 Å². The average Bonchev–Trinajstić information content (AvgIpc) is 3.35. The monoisotopic (exact) mass is 1060 g/mol. The molecule has 2 aromatic carbocycles. The molecule has 0 N–H and O–H groups in total. The van der Waals surface area contributed by atoms with Gasteiger partial charge in [0.15, 0.2) is 24.4 Å². The number of nitro benzene ring substituents is 2. The Labute approximate surface area is 429 Å². The van der Waals surface area contributed by atoms with Crippen molar-refractivity contribution < 1.29 is 110 Å². The first-order chi connectivity index (χ1) is 35.3. The third kappa shape index (κ3) is 24.0. The number of hydrogen-bond acceptors (Lipinski definition) is 25. The van der Waals surface area contributed by atoms with E-state index in [9.17, 15) is 68.2 Å². The molecule has 4 unspecified atom stereocenters. The van der Waals surface area contributed by atoms with Crippen molar-refractivity contribution >= 4 is 71.1 Å². The van der Waals surface area contributed by atoms with Gasteiger partial charge in [0, 0.05) is 12.1 Å². The first-order valence-electron chi connectivity index (χ1n) is 23.2. The van der Waals surface area contributed by atoms with Crippen LogP contribution in [0.5, 0.6) is 0 Å². The van der Waals surface area contributed by atoms with Crippen molar-refractivity contribution in [3.05, 3.63) is 78.9 Å². The number of carbonyl (C=O) groups is 10. The van der Waals surface area contributed by atoms with Gasteiger partial charge in [-0.1, -0.05) is 27.7 Å². The van der Waals surface area contributed by atoms with Gasteiger partial charge in [-0.3, -0.25) is 39.4 Å². The van der Waals surface area contributed by atoms with Crippen molar-refractivity contribution in [3.63, 3.8) is 0 Å². The van der Waals surface area contributed by atoms with Gasteiger partial charge < -0.3 is 52.1 Å².